The number of nitrogens with one attached hydrogen (secondary N) is 1. The van der Waals surface area contributed by atoms with Gasteiger partial charge in [0, 0.05) is 36.7 Å². The fourth-order valence-electron chi connectivity index (χ4n) is 3.85. The number of carbonyl (C=O) groups is 2. The standard InChI is InChI=1S/C22H17F3N6O2/c23-22(24,25)14-3-5-15(6-4-14)29-21(33)30-8-9-31-17(12-30)18(20(27)32)16(10-26)19(31)13-2-1-7-28-11-13/h1-7,11H,8-9,12H2,(H2,27,32)(H,29,33). The number of benzene rings is 1. The fraction of sp³-hybridized carbons (Fsp3) is 0.182. The van der Waals surface area contributed by atoms with Crippen LogP contribution in [0.1, 0.15) is 27.2 Å². The van der Waals surface area contributed by atoms with Gasteiger partial charge in [-0.15, -0.1) is 0 Å². The number of primary amides is 1. The number of nitrogens with zero attached hydrogens (tertiary/aromatic N) is 4. The number of alkyl halides is 3. The number of anilines is 1. The SMILES string of the molecule is N#Cc1c(C(N)=O)c2n(c1-c1cccnc1)CCN(C(=O)Nc1ccc(C(F)(F)F)cc1)C2. The largest absolute Gasteiger partial charge is 0.416 e. The van der Waals surface area contributed by atoms with Crippen LogP contribution >= 0.6 is 0 Å². The second kappa shape index (κ2) is 8.31. The molecule has 0 fully saturated rings. The Morgan fingerprint density at radius 3 is 2.45 bits per heavy atom. The highest BCUT2D eigenvalue weighted by atomic mass is 19.4. The quantitative estimate of drug-likeness (QED) is 0.629. The Balaban J connectivity index is 1.63. The summed E-state index contributed by atoms with van der Waals surface area (Å²) < 4.78 is 40.0. The first kappa shape index (κ1) is 21.9. The van der Waals surface area contributed by atoms with Crippen molar-refractivity contribution in [1.29, 1.82) is 5.26 Å². The van der Waals surface area contributed by atoms with Crippen molar-refractivity contribution in [2.24, 2.45) is 5.73 Å². The van der Waals surface area contributed by atoms with Gasteiger partial charge in [-0.25, -0.2) is 4.79 Å². The first-order chi connectivity index (χ1) is 15.7. The molecule has 0 bridgehead atoms. The lowest BCUT2D eigenvalue weighted by molar-refractivity contribution is -0.137. The molecule has 11 heteroatoms. The van der Waals surface area contributed by atoms with Crippen LogP contribution in [0, 0.1) is 11.3 Å². The van der Waals surface area contributed by atoms with Crippen molar-refractivity contribution in [2.45, 2.75) is 19.3 Å². The third-order valence-corrected chi connectivity index (χ3v) is 5.35. The van der Waals surface area contributed by atoms with Crippen LogP contribution in [0.15, 0.2) is 48.8 Å². The zero-order chi connectivity index (χ0) is 23.8. The van der Waals surface area contributed by atoms with Crippen LogP contribution in [0.25, 0.3) is 11.3 Å². The number of rotatable bonds is 3. The molecule has 3 heterocycles. The second-order valence-corrected chi connectivity index (χ2v) is 7.34. The predicted molar refractivity (Wildman–Crippen MR) is 112 cm³/mol. The molecule has 0 saturated carbocycles. The van der Waals surface area contributed by atoms with Crippen LogP contribution in [0.2, 0.25) is 0 Å². The highest BCUT2D eigenvalue weighted by Gasteiger charge is 2.33. The van der Waals surface area contributed by atoms with Gasteiger partial charge < -0.3 is 20.5 Å². The van der Waals surface area contributed by atoms with Gasteiger partial charge in [-0.3, -0.25) is 9.78 Å². The van der Waals surface area contributed by atoms with Crippen LogP contribution in [0.3, 0.4) is 0 Å². The lowest BCUT2D eigenvalue weighted by Gasteiger charge is -2.30. The maximum Gasteiger partial charge on any atom is 0.416 e. The van der Waals surface area contributed by atoms with E-state index in [4.69, 9.17) is 5.73 Å². The number of amides is 3. The zero-order valence-corrected chi connectivity index (χ0v) is 17.1. The number of hydrogen-bond acceptors (Lipinski definition) is 4. The molecule has 0 aliphatic carbocycles. The molecule has 1 aromatic carbocycles. The molecule has 0 atom stereocenters. The van der Waals surface area contributed by atoms with Crippen molar-refractivity contribution in [3.05, 3.63) is 71.2 Å². The van der Waals surface area contributed by atoms with Gasteiger partial charge in [-0.2, -0.15) is 18.4 Å². The minimum Gasteiger partial charge on any atom is -0.366 e. The van der Waals surface area contributed by atoms with Crippen LogP contribution < -0.4 is 11.1 Å². The molecule has 0 radical (unpaired) electrons. The van der Waals surface area contributed by atoms with Gasteiger partial charge >= 0.3 is 12.2 Å². The minimum absolute atomic E-state index is 0.0142. The number of nitrogens with two attached hydrogens (primary N) is 1. The number of aromatic nitrogens is 2. The molecule has 0 unspecified atom stereocenters. The van der Waals surface area contributed by atoms with Crippen molar-refractivity contribution in [2.75, 3.05) is 11.9 Å². The normalized spacial score (nSPS) is 13.2. The lowest BCUT2D eigenvalue weighted by Crippen LogP contribution is -2.41. The van der Waals surface area contributed by atoms with Gasteiger partial charge in [0.1, 0.15) is 6.07 Å². The number of nitriles is 1. The Labute approximate surface area is 186 Å². The molecule has 1 aliphatic rings. The van der Waals surface area contributed by atoms with E-state index in [0.717, 1.165) is 24.3 Å². The Bertz CT molecular complexity index is 1260. The van der Waals surface area contributed by atoms with E-state index in [1.54, 1.807) is 29.1 Å². The van der Waals surface area contributed by atoms with Crippen molar-refractivity contribution in [3.8, 4) is 17.3 Å². The summed E-state index contributed by atoms with van der Waals surface area (Å²) in [5.74, 6) is -0.796. The highest BCUT2D eigenvalue weighted by Crippen LogP contribution is 2.34. The molecular formula is C22H17F3N6O2. The number of fused-ring (bicyclic) bond motifs is 1. The van der Waals surface area contributed by atoms with Crippen LogP contribution in [-0.2, 0) is 19.3 Å². The van der Waals surface area contributed by atoms with Crippen molar-refractivity contribution < 1.29 is 22.8 Å². The number of halogens is 3. The highest BCUT2D eigenvalue weighted by molar-refractivity contribution is 6.00. The molecule has 8 nitrogen and oxygen atoms in total. The summed E-state index contributed by atoms with van der Waals surface area (Å²) in [7, 11) is 0. The summed E-state index contributed by atoms with van der Waals surface area (Å²) in [6.07, 6.45) is -1.33. The molecular weight excluding hydrogens is 437 g/mol. The third kappa shape index (κ3) is 4.10. The van der Waals surface area contributed by atoms with Gasteiger partial charge in [0.2, 0.25) is 0 Å². The molecule has 3 N–H and O–H groups in total. The molecule has 0 saturated heterocycles. The number of carbonyl (C=O) groups excluding carboxylic acids is 2. The molecule has 4 rings (SSSR count). The molecule has 33 heavy (non-hydrogen) atoms. The second-order valence-electron chi connectivity index (χ2n) is 7.34. The van der Waals surface area contributed by atoms with E-state index in [-0.39, 0.29) is 36.4 Å². The van der Waals surface area contributed by atoms with E-state index in [1.165, 1.54) is 4.90 Å². The van der Waals surface area contributed by atoms with Gasteiger partial charge in [-0.05, 0) is 36.4 Å². The summed E-state index contributed by atoms with van der Waals surface area (Å²) in [5, 5.41) is 12.3. The zero-order valence-electron chi connectivity index (χ0n) is 17.1. The maximum absolute atomic E-state index is 12.8. The van der Waals surface area contributed by atoms with E-state index in [9.17, 15) is 28.0 Å². The molecule has 0 spiro atoms. The first-order valence-electron chi connectivity index (χ1n) is 9.79. The molecule has 3 aromatic rings. The minimum atomic E-state index is -4.48. The Morgan fingerprint density at radius 1 is 1.15 bits per heavy atom. The number of pyridine rings is 1. The van der Waals surface area contributed by atoms with E-state index in [1.807, 2.05) is 6.07 Å². The molecule has 1 aliphatic heterocycles. The smallest absolute Gasteiger partial charge is 0.366 e. The van der Waals surface area contributed by atoms with Crippen molar-refractivity contribution in [1.82, 2.24) is 14.5 Å². The van der Waals surface area contributed by atoms with Crippen LogP contribution in [0.4, 0.5) is 23.7 Å². The molecule has 2 aromatic heterocycles. The van der Waals surface area contributed by atoms with Crippen LogP contribution in [0.5, 0.6) is 0 Å². The first-order valence-corrected chi connectivity index (χ1v) is 9.79. The van der Waals surface area contributed by atoms with Crippen LogP contribution in [-0.4, -0.2) is 32.9 Å². The predicted octanol–water partition coefficient (Wildman–Crippen LogP) is 3.59. The van der Waals surface area contributed by atoms with E-state index in [0.29, 0.717) is 17.0 Å². The van der Waals surface area contributed by atoms with E-state index < -0.39 is 23.7 Å². The van der Waals surface area contributed by atoms with E-state index in [2.05, 4.69) is 10.3 Å². The van der Waals surface area contributed by atoms with Gasteiger partial charge in [0.05, 0.1) is 34.6 Å². The third-order valence-electron chi connectivity index (χ3n) is 5.35. The molecule has 3 amide bonds. The van der Waals surface area contributed by atoms with Crippen molar-refractivity contribution in [3.63, 3.8) is 0 Å². The summed E-state index contributed by atoms with van der Waals surface area (Å²) >= 11 is 0. The summed E-state index contributed by atoms with van der Waals surface area (Å²) in [6, 6.07) is 9.02. The number of hydrogen-bond donors (Lipinski definition) is 2. The fourth-order valence-corrected chi connectivity index (χ4v) is 3.85. The summed E-state index contributed by atoms with van der Waals surface area (Å²) in [5.41, 5.74) is 6.61. The number of urea groups is 1. The van der Waals surface area contributed by atoms with E-state index >= 15 is 0 Å². The summed E-state index contributed by atoms with van der Waals surface area (Å²) in [4.78, 5) is 30.4. The van der Waals surface area contributed by atoms with Gasteiger partial charge in [-0.1, -0.05) is 0 Å². The van der Waals surface area contributed by atoms with Crippen molar-refractivity contribution >= 4 is 17.6 Å². The summed E-state index contributed by atoms with van der Waals surface area (Å²) in [6.45, 7) is 0.506. The lowest BCUT2D eigenvalue weighted by atomic mass is 10.1. The topological polar surface area (TPSA) is 117 Å². The molecule has 168 valence electrons. The maximum atomic E-state index is 12.8. The van der Waals surface area contributed by atoms with Gasteiger partial charge in [0.25, 0.3) is 5.91 Å². The average molecular weight is 454 g/mol. The Morgan fingerprint density at radius 2 is 1.88 bits per heavy atom. The average Bonchev–Trinajstić information content (AvgIpc) is 3.13. The Hall–Kier alpha value is -4.33. The Kier molecular flexibility index (Phi) is 5.51. The monoisotopic (exact) mass is 454 g/mol. The van der Waals surface area contributed by atoms with Gasteiger partial charge in [0.15, 0.2) is 0 Å².